The molecule has 1 heterocycles. The van der Waals surface area contributed by atoms with Crippen LogP contribution in [0.15, 0.2) is 18.2 Å². The van der Waals surface area contributed by atoms with Crippen molar-refractivity contribution in [2.24, 2.45) is 0 Å². The highest BCUT2D eigenvalue weighted by Gasteiger charge is 2.22. The average Bonchev–Trinajstić information content (AvgIpc) is 2.70. The van der Waals surface area contributed by atoms with Gasteiger partial charge in [-0.1, -0.05) is 6.07 Å². The minimum absolute atomic E-state index is 0.0157. The first kappa shape index (κ1) is 12.9. The summed E-state index contributed by atoms with van der Waals surface area (Å²) in [6.45, 7) is 1.80. The van der Waals surface area contributed by atoms with Gasteiger partial charge in [0.25, 0.3) is 0 Å². The molecule has 1 aromatic rings. The molecular formula is C12H13FN2O2S. The number of carbonyl (C=O) groups excluding carboxylic acids is 2. The molecule has 0 spiro atoms. The van der Waals surface area contributed by atoms with Crippen LogP contribution in [0.5, 0.6) is 0 Å². The van der Waals surface area contributed by atoms with Gasteiger partial charge in [-0.3, -0.25) is 9.59 Å². The number of halogens is 1. The number of anilines is 1. The lowest BCUT2D eigenvalue weighted by molar-refractivity contribution is -0.130. The van der Waals surface area contributed by atoms with Crippen molar-refractivity contribution in [2.75, 3.05) is 23.5 Å². The Morgan fingerprint density at radius 2 is 2.33 bits per heavy atom. The van der Waals surface area contributed by atoms with E-state index in [0.29, 0.717) is 17.3 Å². The maximum absolute atomic E-state index is 13.0. The first-order chi connectivity index (χ1) is 8.56. The van der Waals surface area contributed by atoms with Crippen molar-refractivity contribution >= 4 is 29.3 Å². The third-order valence-corrected chi connectivity index (χ3v) is 3.58. The summed E-state index contributed by atoms with van der Waals surface area (Å²) in [6.07, 6.45) is 0. The molecule has 0 aromatic heterocycles. The maximum atomic E-state index is 13.0. The summed E-state index contributed by atoms with van der Waals surface area (Å²) in [5, 5.41) is 2.62. The fraction of sp³-hybridized carbons (Fsp3) is 0.333. The highest BCUT2D eigenvalue weighted by Crippen LogP contribution is 2.17. The highest BCUT2D eigenvalue weighted by molar-refractivity contribution is 8.00. The lowest BCUT2D eigenvalue weighted by Crippen LogP contribution is -2.34. The highest BCUT2D eigenvalue weighted by atomic mass is 32.2. The standard InChI is InChI=1S/C12H13FN2O2S/c1-8-2-3-9(13)4-10(8)14-11(16)5-15-7-18-6-12(15)17/h2-4H,5-7H2,1H3,(H,14,16). The van der Waals surface area contributed by atoms with Crippen molar-refractivity contribution in [3.05, 3.63) is 29.6 Å². The van der Waals surface area contributed by atoms with Crippen LogP contribution in [0.25, 0.3) is 0 Å². The Balaban J connectivity index is 1.98. The molecule has 1 aliphatic rings. The van der Waals surface area contributed by atoms with Crippen molar-refractivity contribution < 1.29 is 14.0 Å². The van der Waals surface area contributed by atoms with Gasteiger partial charge in [-0.15, -0.1) is 11.8 Å². The molecule has 0 radical (unpaired) electrons. The van der Waals surface area contributed by atoms with E-state index < -0.39 is 5.82 Å². The lowest BCUT2D eigenvalue weighted by Gasteiger charge is -2.15. The largest absolute Gasteiger partial charge is 0.324 e. The Hall–Kier alpha value is -1.56. The molecule has 4 nitrogen and oxygen atoms in total. The molecule has 0 bridgehead atoms. The quantitative estimate of drug-likeness (QED) is 0.906. The van der Waals surface area contributed by atoms with E-state index in [1.807, 2.05) is 0 Å². The number of benzene rings is 1. The van der Waals surface area contributed by atoms with Crippen LogP contribution >= 0.6 is 11.8 Å². The van der Waals surface area contributed by atoms with Crippen molar-refractivity contribution in [1.29, 1.82) is 0 Å². The second-order valence-electron chi connectivity index (χ2n) is 4.08. The molecule has 1 aromatic carbocycles. The summed E-state index contributed by atoms with van der Waals surface area (Å²) in [6, 6.07) is 4.21. The van der Waals surface area contributed by atoms with Crippen LogP contribution in [-0.2, 0) is 9.59 Å². The van der Waals surface area contributed by atoms with E-state index in [-0.39, 0.29) is 18.4 Å². The number of thioether (sulfide) groups is 1. The number of hydrogen-bond acceptors (Lipinski definition) is 3. The molecule has 2 amide bonds. The minimum atomic E-state index is -0.399. The third kappa shape index (κ3) is 3.01. The first-order valence-corrected chi connectivity index (χ1v) is 6.63. The number of carbonyl (C=O) groups is 2. The van der Waals surface area contributed by atoms with Gasteiger partial charge in [-0.25, -0.2) is 4.39 Å². The molecule has 1 saturated heterocycles. The summed E-state index contributed by atoms with van der Waals surface area (Å²) in [5.74, 6) is 0.218. The molecule has 18 heavy (non-hydrogen) atoms. The van der Waals surface area contributed by atoms with Gasteiger partial charge >= 0.3 is 0 Å². The SMILES string of the molecule is Cc1ccc(F)cc1NC(=O)CN1CSCC1=O. The van der Waals surface area contributed by atoms with Crippen molar-refractivity contribution in [3.63, 3.8) is 0 Å². The van der Waals surface area contributed by atoms with Crippen LogP contribution in [0.2, 0.25) is 0 Å². The number of hydrogen-bond donors (Lipinski definition) is 1. The van der Waals surface area contributed by atoms with E-state index in [0.717, 1.165) is 5.56 Å². The number of aryl methyl sites for hydroxylation is 1. The van der Waals surface area contributed by atoms with E-state index in [1.54, 1.807) is 13.0 Å². The van der Waals surface area contributed by atoms with Gasteiger partial charge in [0.1, 0.15) is 12.4 Å². The molecule has 0 aliphatic carbocycles. The van der Waals surface area contributed by atoms with E-state index in [1.165, 1.54) is 28.8 Å². The van der Waals surface area contributed by atoms with Crippen molar-refractivity contribution in [3.8, 4) is 0 Å². The molecule has 6 heteroatoms. The van der Waals surface area contributed by atoms with Crippen LogP contribution in [0.1, 0.15) is 5.56 Å². The molecule has 96 valence electrons. The third-order valence-electron chi connectivity index (χ3n) is 2.63. The Morgan fingerprint density at radius 3 is 3.00 bits per heavy atom. The fourth-order valence-electron chi connectivity index (χ4n) is 1.63. The van der Waals surface area contributed by atoms with E-state index in [9.17, 15) is 14.0 Å². The first-order valence-electron chi connectivity index (χ1n) is 5.48. The van der Waals surface area contributed by atoms with Crippen LogP contribution in [0.3, 0.4) is 0 Å². The number of amides is 2. The second kappa shape index (κ2) is 5.39. The van der Waals surface area contributed by atoms with Gasteiger partial charge < -0.3 is 10.2 Å². The second-order valence-corrected chi connectivity index (χ2v) is 5.03. The summed E-state index contributed by atoms with van der Waals surface area (Å²) in [5.41, 5.74) is 1.23. The molecule has 2 rings (SSSR count). The Kier molecular flexibility index (Phi) is 3.86. The molecular weight excluding hydrogens is 255 g/mol. The molecule has 1 N–H and O–H groups in total. The molecule has 0 atom stereocenters. The maximum Gasteiger partial charge on any atom is 0.244 e. The Morgan fingerprint density at radius 1 is 1.56 bits per heavy atom. The van der Waals surface area contributed by atoms with Gasteiger partial charge in [-0.05, 0) is 24.6 Å². The molecule has 0 saturated carbocycles. The zero-order chi connectivity index (χ0) is 13.1. The Labute approximate surface area is 109 Å². The molecule has 1 aliphatic heterocycles. The minimum Gasteiger partial charge on any atom is -0.324 e. The van der Waals surface area contributed by atoms with Crippen molar-refractivity contribution in [2.45, 2.75) is 6.92 Å². The summed E-state index contributed by atoms with van der Waals surface area (Å²) < 4.78 is 13.0. The number of nitrogens with one attached hydrogen (secondary N) is 1. The fourth-order valence-corrected chi connectivity index (χ4v) is 2.54. The van der Waals surface area contributed by atoms with E-state index >= 15 is 0 Å². The average molecular weight is 268 g/mol. The summed E-state index contributed by atoms with van der Waals surface area (Å²) in [7, 11) is 0. The summed E-state index contributed by atoms with van der Waals surface area (Å²) >= 11 is 1.48. The number of nitrogens with zero attached hydrogens (tertiary/aromatic N) is 1. The molecule has 0 unspecified atom stereocenters. The predicted molar refractivity (Wildman–Crippen MR) is 68.8 cm³/mol. The monoisotopic (exact) mass is 268 g/mol. The van der Waals surface area contributed by atoms with Crippen LogP contribution in [0, 0.1) is 12.7 Å². The van der Waals surface area contributed by atoms with Gasteiger partial charge in [0, 0.05) is 5.69 Å². The lowest BCUT2D eigenvalue weighted by atomic mass is 10.2. The Bertz CT molecular complexity index is 493. The number of rotatable bonds is 3. The topological polar surface area (TPSA) is 49.4 Å². The summed E-state index contributed by atoms with van der Waals surface area (Å²) in [4.78, 5) is 24.6. The van der Waals surface area contributed by atoms with Crippen LogP contribution < -0.4 is 5.32 Å². The van der Waals surface area contributed by atoms with Crippen LogP contribution in [-0.4, -0.2) is 34.9 Å². The predicted octanol–water partition coefficient (Wildman–Crippen LogP) is 1.61. The zero-order valence-corrected chi connectivity index (χ0v) is 10.7. The van der Waals surface area contributed by atoms with Gasteiger partial charge in [-0.2, -0.15) is 0 Å². The van der Waals surface area contributed by atoms with Gasteiger partial charge in [0.05, 0.1) is 11.6 Å². The van der Waals surface area contributed by atoms with Crippen molar-refractivity contribution in [1.82, 2.24) is 4.90 Å². The van der Waals surface area contributed by atoms with E-state index in [2.05, 4.69) is 5.32 Å². The smallest absolute Gasteiger partial charge is 0.244 e. The van der Waals surface area contributed by atoms with Gasteiger partial charge in [0.15, 0.2) is 0 Å². The van der Waals surface area contributed by atoms with Crippen LogP contribution in [0.4, 0.5) is 10.1 Å². The molecule has 1 fully saturated rings. The zero-order valence-electron chi connectivity index (χ0n) is 9.90. The van der Waals surface area contributed by atoms with Gasteiger partial charge in [0.2, 0.25) is 11.8 Å². The van der Waals surface area contributed by atoms with E-state index in [4.69, 9.17) is 0 Å². The normalized spacial score (nSPS) is 15.0.